The summed E-state index contributed by atoms with van der Waals surface area (Å²) in [7, 11) is 0. The molecule has 6 unspecified atom stereocenters. The van der Waals surface area contributed by atoms with Gasteiger partial charge in [0, 0.05) is 35.7 Å². The number of nitrogen functional groups attached to an aromatic ring is 1. The van der Waals surface area contributed by atoms with Crippen LogP contribution in [0.5, 0.6) is 11.5 Å². The highest BCUT2D eigenvalue weighted by molar-refractivity contribution is 7.99. The van der Waals surface area contributed by atoms with Crippen LogP contribution in [-0.2, 0) is 14.3 Å². The second kappa shape index (κ2) is 14.0. The molecule has 0 aromatic heterocycles. The van der Waals surface area contributed by atoms with Crippen LogP contribution in [0.1, 0.15) is 17.2 Å². The minimum absolute atomic E-state index is 0.0241. The molecule has 2 saturated heterocycles. The first-order chi connectivity index (χ1) is 20.1. The first kappa shape index (κ1) is 31.3. The number of amides is 2. The summed E-state index contributed by atoms with van der Waals surface area (Å²) in [5.41, 5.74) is 6.14. The van der Waals surface area contributed by atoms with Gasteiger partial charge in [-0.25, -0.2) is 0 Å². The fourth-order valence-electron chi connectivity index (χ4n) is 4.56. The summed E-state index contributed by atoms with van der Waals surface area (Å²) in [5.74, 6) is 0.206. The maximum Gasteiger partial charge on any atom is 0.247 e. The van der Waals surface area contributed by atoms with Crippen molar-refractivity contribution in [3.05, 3.63) is 53.6 Å². The first-order valence-electron chi connectivity index (χ1n) is 13.2. The topological polar surface area (TPSA) is 231 Å². The third kappa shape index (κ3) is 7.24. The van der Waals surface area contributed by atoms with E-state index in [-0.39, 0.29) is 46.6 Å². The molecule has 42 heavy (non-hydrogen) atoms. The van der Waals surface area contributed by atoms with Crippen LogP contribution >= 0.6 is 11.8 Å². The van der Waals surface area contributed by atoms with Crippen molar-refractivity contribution >= 4 is 35.1 Å². The van der Waals surface area contributed by atoms with Gasteiger partial charge in [-0.05, 0) is 24.3 Å². The van der Waals surface area contributed by atoms with Gasteiger partial charge >= 0.3 is 0 Å². The molecule has 14 nitrogen and oxygen atoms in total. The Kier molecular flexibility index (Phi) is 10.5. The van der Waals surface area contributed by atoms with Crippen molar-refractivity contribution in [3.8, 4) is 11.5 Å². The Morgan fingerprint density at radius 3 is 2.52 bits per heavy atom. The molecule has 0 radical (unpaired) electrons. The molecular weight excluding hydrogens is 570 g/mol. The third-order valence-corrected chi connectivity index (χ3v) is 7.91. The number of hydrogen-bond donors (Lipinski definition) is 9. The lowest BCUT2D eigenvalue weighted by molar-refractivity contribution is -0.277. The number of hydrogen-bond acceptors (Lipinski definition) is 12. The van der Waals surface area contributed by atoms with Gasteiger partial charge in [0.1, 0.15) is 47.8 Å². The Hall–Kier alpha value is -3.60. The third-order valence-electron chi connectivity index (χ3n) is 6.97. The molecule has 0 saturated carbocycles. The minimum atomic E-state index is -1.70. The molecule has 6 atom stereocenters. The monoisotopic (exact) mass is 605 g/mol. The van der Waals surface area contributed by atoms with Gasteiger partial charge in [-0.2, -0.15) is 11.8 Å². The van der Waals surface area contributed by atoms with E-state index in [9.17, 15) is 35.1 Å². The number of carbonyl (C=O) groups excluding carboxylic acids is 2. The summed E-state index contributed by atoms with van der Waals surface area (Å²) in [5, 5.41) is 64.2. The average molecular weight is 606 g/mol. The molecule has 228 valence electrons. The fourth-order valence-corrected chi connectivity index (χ4v) is 5.47. The largest absolute Gasteiger partial charge is 0.506 e. The smallest absolute Gasteiger partial charge is 0.247 e. The van der Waals surface area contributed by atoms with Crippen molar-refractivity contribution in [1.29, 1.82) is 5.41 Å². The summed E-state index contributed by atoms with van der Waals surface area (Å²) in [6.07, 6.45) is -7.72. The quantitative estimate of drug-likeness (QED) is 0.0874. The molecule has 2 amide bonds. The van der Waals surface area contributed by atoms with E-state index in [1.807, 2.05) is 0 Å². The van der Waals surface area contributed by atoms with E-state index in [0.29, 0.717) is 13.1 Å². The summed E-state index contributed by atoms with van der Waals surface area (Å²) in [4.78, 5) is 28.0. The van der Waals surface area contributed by atoms with E-state index in [0.717, 1.165) is 11.5 Å². The van der Waals surface area contributed by atoms with Gasteiger partial charge < -0.3 is 56.3 Å². The Morgan fingerprint density at radius 1 is 1.12 bits per heavy atom. The molecular formula is C27H35N5O9S. The second-order valence-electron chi connectivity index (χ2n) is 9.79. The molecule has 0 aliphatic carbocycles. The predicted octanol–water partition coefficient (Wildman–Crippen LogP) is -1.30. The van der Waals surface area contributed by atoms with Crippen molar-refractivity contribution in [3.63, 3.8) is 0 Å². The van der Waals surface area contributed by atoms with Crippen molar-refractivity contribution in [2.75, 3.05) is 43.1 Å². The van der Waals surface area contributed by atoms with Crippen LogP contribution < -0.4 is 21.1 Å². The predicted molar refractivity (Wildman–Crippen MR) is 153 cm³/mol. The molecule has 0 spiro atoms. The zero-order valence-corrected chi connectivity index (χ0v) is 23.4. The highest BCUT2D eigenvalue weighted by atomic mass is 32.2. The SMILES string of the molecule is N=C(N)c1ccc(O)c(NC(C(=O)NCC(=O)N2CCSCC2)c2ccccc2OC2OC(CO)C(O)C(O)C2O)c1. The van der Waals surface area contributed by atoms with Gasteiger partial charge in [0.15, 0.2) is 0 Å². The van der Waals surface area contributed by atoms with E-state index in [2.05, 4.69) is 10.6 Å². The zero-order chi connectivity index (χ0) is 30.4. The molecule has 2 aromatic carbocycles. The molecule has 2 aliphatic heterocycles. The normalized spacial score (nSPS) is 24.9. The Bertz CT molecular complexity index is 1280. The van der Waals surface area contributed by atoms with Gasteiger partial charge in [-0.15, -0.1) is 0 Å². The van der Waals surface area contributed by atoms with Crippen molar-refractivity contribution < 1.29 is 44.6 Å². The molecule has 2 aromatic rings. The number of aliphatic hydroxyl groups excluding tert-OH is 4. The van der Waals surface area contributed by atoms with E-state index in [4.69, 9.17) is 20.6 Å². The highest BCUT2D eigenvalue weighted by Crippen LogP contribution is 2.34. The van der Waals surface area contributed by atoms with Gasteiger partial charge in [-0.3, -0.25) is 15.0 Å². The van der Waals surface area contributed by atoms with Crippen LogP contribution in [0.4, 0.5) is 5.69 Å². The van der Waals surface area contributed by atoms with Crippen LogP contribution in [0.2, 0.25) is 0 Å². The number of amidine groups is 1. The fraction of sp³-hybridized carbons (Fsp3) is 0.444. The first-order valence-corrected chi connectivity index (χ1v) is 14.4. The number of para-hydroxylation sites is 1. The summed E-state index contributed by atoms with van der Waals surface area (Å²) < 4.78 is 11.3. The number of rotatable bonds is 10. The lowest BCUT2D eigenvalue weighted by Crippen LogP contribution is -2.60. The van der Waals surface area contributed by atoms with Crippen molar-refractivity contribution in [2.24, 2.45) is 5.73 Å². The Balaban J connectivity index is 1.63. The summed E-state index contributed by atoms with van der Waals surface area (Å²) >= 11 is 1.74. The van der Waals surface area contributed by atoms with Gasteiger partial charge in [0.2, 0.25) is 18.1 Å². The summed E-state index contributed by atoms with van der Waals surface area (Å²) in [6.45, 7) is 0.205. The number of nitrogens with two attached hydrogens (primary N) is 1. The number of ether oxygens (including phenoxy) is 2. The zero-order valence-electron chi connectivity index (χ0n) is 22.6. The standard InChI is InChI=1S/C27H35N5O9S/c28-25(29)14-5-6-17(34)16(11-14)31-21(26(39)30-12-20(35)32-7-9-42-10-8-32)15-3-1-2-4-18(15)40-27-24(38)23(37)22(36)19(13-33)41-27/h1-6,11,19,21-24,27,31,33-34,36-38H,7-10,12-13H2,(H3,28,29)(H,30,39). The van der Waals surface area contributed by atoms with Crippen molar-refractivity contribution in [1.82, 2.24) is 10.2 Å². The minimum Gasteiger partial charge on any atom is -0.506 e. The number of thioether (sulfide) groups is 1. The van der Waals surface area contributed by atoms with Crippen LogP contribution in [0.15, 0.2) is 42.5 Å². The van der Waals surface area contributed by atoms with Gasteiger partial charge in [0.05, 0.1) is 18.8 Å². The molecule has 15 heteroatoms. The molecule has 2 fully saturated rings. The van der Waals surface area contributed by atoms with Crippen LogP contribution in [0, 0.1) is 5.41 Å². The molecule has 0 bridgehead atoms. The average Bonchev–Trinajstić information content (AvgIpc) is 3.00. The number of phenolic OH excluding ortho intramolecular Hbond substituents is 1. The number of anilines is 1. The number of aromatic hydroxyl groups is 1. The van der Waals surface area contributed by atoms with E-state index < -0.39 is 49.3 Å². The van der Waals surface area contributed by atoms with Crippen molar-refractivity contribution in [2.45, 2.75) is 36.7 Å². The lowest BCUT2D eigenvalue weighted by atomic mass is 9.99. The number of benzene rings is 2. The van der Waals surface area contributed by atoms with Crippen LogP contribution in [0.3, 0.4) is 0 Å². The van der Waals surface area contributed by atoms with Crippen LogP contribution in [-0.4, -0.2) is 117 Å². The maximum atomic E-state index is 13.6. The number of nitrogens with zero attached hydrogens (tertiary/aromatic N) is 1. The van der Waals surface area contributed by atoms with E-state index in [1.165, 1.54) is 30.3 Å². The number of carbonyl (C=O) groups is 2. The van der Waals surface area contributed by atoms with E-state index >= 15 is 0 Å². The number of nitrogens with one attached hydrogen (secondary N) is 3. The molecule has 10 N–H and O–H groups in total. The van der Waals surface area contributed by atoms with E-state index in [1.54, 1.807) is 28.8 Å². The summed E-state index contributed by atoms with van der Waals surface area (Å²) in [6, 6.07) is 9.04. The number of aliphatic hydroxyl groups is 4. The molecule has 4 rings (SSSR count). The molecule has 2 aliphatic rings. The second-order valence-corrected chi connectivity index (χ2v) is 11.0. The molecule has 2 heterocycles. The van der Waals surface area contributed by atoms with Crippen LogP contribution in [0.25, 0.3) is 0 Å². The highest BCUT2D eigenvalue weighted by Gasteiger charge is 2.45. The van der Waals surface area contributed by atoms with Gasteiger partial charge in [-0.1, -0.05) is 18.2 Å². The Labute approximate surface area is 245 Å². The Morgan fingerprint density at radius 2 is 1.83 bits per heavy atom. The maximum absolute atomic E-state index is 13.6. The number of phenols is 1. The lowest BCUT2D eigenvalue weighted by Gasteiger charge is -2.40. The van der Waals surface area contributed by atoms with Gasteiger partial charge in [0.25, 0.3) is 0 Å².